The summed E-state index contributed by atoms with van der Waals surface area (Å²) in [7, 11) is 4.42. The van der Waals surface area contributed by atoms with Crippen molar-refractivity contribution in [3.63, 3.8) is 0 Å². The second-order valence-corrected chi connectivity index (χ2v) is 6.31. The van der Waals surface area contributed by atoms with Crippen LogP contribution >= 0.6 is 0 Å². The number of hydrogen-bond donors (Lipinski definition) is 1. The van der Waals surface area contributed by atoms with Crippen LogP contribution in [0.4, 0.5) is 5.82 Å². The molecule has 0 bridgehead atoms. The van der Waals surface area contributed by atoms with Crippen molar-refractivity contribution in [2.45, 2.75) is 44.3 Å². The molecule has 0 aromatic carbocycles. The zero-order valence-corrected chi connectivity index (χ0v) is 12.7. The van der Waals surface area contributed by atoms with Gasteiger partial charge in [0.1, 0.15) is 5.82 Å². The molecule has 0 amide bonds. The smallest absolute Gasteiger partial charge is 0.133 e. The molecule has 0 spiro atoms. The Kier molecular flexibility index (Phi) is 4.22. The van der Waals surface area contributed by atoms with Gasteiger partial charge in [0.25, 0.3) is 0 Å². The number of nitrogens with zero attached hydrogens (tertiary/aromatic N) is 3. The molecule has 4 nitrogen and oxygen atoms in total. The largest absolute Gasteiger partial charge is 0.355 e. The minimum atomic E-state index is 0.586. The van der Waals surface area contributed by atoms with Crippen LogP contribution in [0.25, 0.3) is 0 Å². The number of pyridine rings is 1. The van der Waals surface area contributed by atoms with Crippen molar-refractivity contribution >= 4 is 5.82 Å². The Morgan fingerprint density at radius 1 is 1.40 bits per heavy atom. The van der Waals surface area contributed by atoms with Crippen LogP contribution in [0.3, 0.4) is 0 Å². The number of likely N-dealkylation sites (tertiary alicyclic amines) is 1. The third kappa shape index (κ3) is 3.30. The maximum Gasteiger partial charge on any atom is 0.133 e. The molecule has 1 aromatic rings. The average Bonchev–Trinajstić information content (AvgIpc) is 3.29. The molecule has 2 fully saturated rings. The lowest BCUT2D eigenvalue weighted by Gasteiger charge is -2.37. The molecule has 1 N–H and O–H groups in total. The van der Waals surface area contributed by atoms with E-state index in [4.69, 9.17) is 0 Å². The van der Waals surface area contributed by atoms with E-state index in [2.05, 4.69) is 40.3 Å². The van der Waals surface area contributed by atoms with Crippen LogP contribution in [0.1, 0.15) is 31.2 Å². The molecule has 4 heteroatoms. The molecule has 110 valence electrons. The summed E-state index contributed by atoms with van der Waals surface area (Å²) < 4.78 is 0. The van der Waals surface area contributed by atoms with Crippen molar-refractivity contribution in [3.8, 4) is 0 Å². The Morgan fingerprint density at radius 2 is 2.25 bits per heavy atom. The van der Waals surface area contributed by atoms with E-state index in [1.54, 1.807) is 0 Å². The van der Waals surface area contributed by atoms with Crippen LogP contribution in [-0.4, -0.2) is 49.2 Å². The summed E-state index contributed by atoms with van der Waals surface area (Å²) >= 11 is 0. The van der Waals surface area contributed by atoms with Crippen LogP contribution in [0.5, 0.6) is 0 Å². The molecule has 3 rings (SSSR count). The van der Waals surface area contributed by atoms with Crippen LogP contribution in [-0.2, 0) is 6.54 Å². The quantitative estimate of drug-likeness (QED) is 0.888. The highest BCUT2D eigenvalue weighted by atomic mass is 15.2. The monoisotopic (exact) mass is 274 g/mol. The number of nitrogens with one attached hydrogen (secondary N) is 1. The zero-order chi connectivity index (χ0) is 13.9. The molecule has 1 atom stereocenters. The van der Waals surface area contributed by atoms with Gasteiger partial charge < -0.3 is 15.1 Å². The molecular formula is C16H26N4. The van der Waals surface area contributed by atoms with Crippen molar-refractivity contribution in [3.05, 3.63) is 23.9 Å². The maximum absolute atomic E-state index is 4.64. The van der Waals surface area contributed by atoms with Crippen molar-refractivity contribution in [1.82, 2.24) is 15.2 Å². The molecule has 2 aliphatic rings. The summed E-state index contributed by atoms with van der Waals surface area (Å²) in [6.07, 6.45) is 7.14. The average molecular weight is 274 g/mol. The van der Waals surface area contributed by atoms with Gasteiger partial charge in [0.15, 0.2) is 0 Å². The molecule has 1 saturated heterocycles. The lowest BCUT2D eigenvalue weighted by Crippen LogP contribution is -2.45. The topological polar surface area (TPSA) is 31.4 Å². The van der Waals surface area contributed by atoms with E-state index < -0.39 is 0 Å². The van der Waals surface area contributed by atoms with Crippen LogP contribution in [0.2, 0.25) is 0 Å². The summed E-state index contributed by atoms with van der Waals surface area (Å²) in [5.41, 5.74) is 1.33. The van der Waals surface area contributed by atoms with Crippen LogP contribution in [0, 0.1) is 0 Å². The first-order chi connectivity index (χ1) is 9.74. The summed E-state index contributed by atoms with van der Waals surface area (Å²) in [4.78, 5) is 9.46. The Balaban J connectivity index is 1.70. The number of rotatable bonds is 5. The number of piperidine rings is 1. The predicted molar refractivity (Wildman–Crippen MR) is 83.0 cm³/mol. The third-order valence-electron chi connectivity index (χ3n) is 4.51. The van der Waals surface area contributed by atoms with E-state index in [1.165, 1.54) is 37.8 Å². The SMILES string of the molecule is CN1CCCC(N(C)c2ncccc2CNC2CC2)C1. The fourth-order valence-corrected chi connectivity index (χ4v) is 3.06. The minimum absolute atomic E-state index is 0.586. The van der Waals surface area contributed by atoms with E-state index >= 15 is 0 Å². The van der Waals surface area contributed by atoms with Gasteiger partial charge in [0, 0.05) is 44.0 Å². The highest BCUT2D eigenvalue weighted by Gasteiger charge is 2.24. The second kappa shape index (κ2) is 6.10. The fraction of sp³-hybridized carbons (Fsp3) is 0.688. The van der Waals surface area contributed by atoms with Gasteiger partial charge in [-0.3, -0.25) is 0 Å². The Labute approximate surface area is 122 Å². The normalized spacial score (nSPS) is 23.8. The van der Waals surface area contributed by atoms with Gasteiger partial charge in [-0.25, -0.2) is 4.98 Å². The van der Waals surface area contributed by atoms with E-state index in [1.807, 2.05) is 12.3 Å². The highest BCUT2D eigenvalue weighted by Crippen LogP contribution is 2.24. The number of likely N-dealkylation sites (N-methyl/N-ethyl adjacent to an activating group) is 2. The number of hydrogen-bond acceptors (Lipinski definition) is 4. The molecule has 1 unspecified atom stereocenters. The van der Waals surface area contributed by atoms with Gasteiger partial charge in [-0.1, -0.05) is 6.07 Å². The van der Waals surface area contributed by atoms with Gasteiger partial charge in [-0.2, -0.15) is 0 Å². The highest BCUT2D eigenvalue weighted by molar-refractivity contribution is 5.47. The van der Waals surface area contributed by atoms with Crippen molar-refractivity contribution in [1.29, 1.82) is 0 Å². The molecule has 2 heterocycles. The van der Waals surface area contributed by atoms with Gasteiger partial charge in [-0.05, 0) is 45.3 Å². The summed E-state index contributed by atoms with van der Waals surface area (Å²) in [5, 5.41) is 3.60. The lowest BCUT2D eigenvalue weighted by atomic mass is 10.0. The van der Waals surface area contributed by atoms with E-state index in [9.17, 15) is 0 Å². The van der Waals surface area contributed by atoms with E-state index in [0.717, 1.165) is 24.9 Å². The van der Waals surface area contributed by atoms with Crippen molar-refractivity contribution in [2.75, 3.05) is 32.1 Å². The van der Waals surface area contributed by atoms with Gasteiger partial charge in [0.05, 0.1) is 0 Å². The first kappa shape index (κ1) is 13.8. The maximum atomic E-state index is 4.64. The molecule has 20 heavy (non-hydrogen) atoms. The number of aromatic nitrogens is 1. The Morgan fingerprint density at radius 3 is 3.00 bits per heavy atom. The van der Waals surface area contributed by atoms with Crippen LogP contribution < -0.4 is 10.2 Å². The fourth-order valence-electron chi connectivity index (χ4n) is 3.06. The molecule has 0 radical (unpaired) electrons. The first-order valence-electron chi connectivity index (χ1n) is 7.82. The molecule has 1 aromatic heterocycles. The van der Waals surface area contributed by atoms with Gasteiger partial charge in [0.2, 0.25) is 0 Å². The number of anilines is 1. The standard InChI is InChI=1S/C16H26N4/c1-19-10-4-6-15(12-19)20(2)16-13(5-3-9-17-16)11-18-14-7-8-14/h3,5,9,14-15,18H,4,6-8,10-12H2,1-2H3. The third-order valence-corrected chi connectivity index (χ3v) is 4.51. The summed E-state index contributed by atoms with van der Waals surface area (Å²) in [5.74, 6) is 1.15. The van der Waals surface area contributed by atoms with Crippen LogP contribution in [0.15, 0.2) is 18.3 Å². The Hall–Kier alpha value is -1.13. The Bertz CT molecular complexity index is 444. The van der Waals surface area contributed by atoms with Crippen molar-refractivity contribution < 1.29 is 0 Å². The minimum Gasteiger partial charge on any atom is -0.355 e. The van der Waals surface area contributed by atoms with E-state index in [-0.39, 0.29) is 0 Å². The summed E-state index contributed by atoms with van der Waals surface area (Å²) in [6.45, 7) is 3.31. The second-order valence-electron chi connectivity index (χ2n) is 6.31. The zero-order valence-electron chi connectivity index (χ0n) is 12.7. The molecule has 1 aliphatic carbocycles. The van der Waals surface area contributed by atoms with Gasteiger partial charge >= 0.3 is 0 Å². The summed E-state index contributed by atoms with van der Waals surface area (Å²) in [6, 6.07) is 5.59. The van der Waals surface area contributed by atoms with E-state index in [0.29, 0.717) is 6.04 Å². The molecular weight excluding hydrogens is 248 g/mol. The van der Waals surface area contributed by atoms with Gasteiger partial charge in [-0.15, -0.1) is 0 Å². The molecule has 1 aliphatic heterocycles. The van der Waals surface area contributed by atoms with Crippen molar-refractivity contribution in [2.24, 2.45) is 0 Å². The molecule has 1 saturated carbocycles. The predicted octanol–water partition coefficient (Wildman–Crippen LogP) is 1.86. The first-order valence-corrected chi connectivity index (χ1v) is 7.82. The lowest BCUT2D eigenvalue weighted by molar-refractivity contribution is 0.247.